The second-order valence-electron chi connectivity index (χ2n) is 6.93. The average molecular weight is 470 g/mol. The first-order valence-corrected chi connectivity index (χ1v) is 10.8. The molecule has 6 nitrogen and oxygen atoms in total. The minimum atomic E-state index is -0.734. The Morgan fingerprint density at radius 1 is 0.879 bits per heavy atom. The fraction of sp³-hybridized carbons (Fsp3) is 0.125. The summed E-state index contributed by atoms with van der Waals surface area (Å²) >= 11 is 1.12. The topological polar surface area (TPSA) is 84.5 Å². The van der Waals surface area contributed by atoms with Gasteiger partial charge in [-0.1, -0.05) is 18.2 Å². The molecular formula is C24H20F2N2O4S. The lowest BCUT2D eigenvalue weighted by atomic mass is 10.2. The number of halogens is 2. The summed E-state index contributed by atoms with van der Waals surface area (Å²) in [5.41, 5.74) is 1.35. The third-order valence-electron chi connectivity index (χ3n) is 4.38. The van der Waals surface area contributed by atoms with Crippen molar-refractivity contribution in [2.75, 3.05) is 23.0 Å². The number of nitrogens with one attached hydrogen (secondary N) is 2. The van der Waals surface area contributed by atoms with Gasteiger partial charge in [0, 0.05) is 16.3 Å². The van der Waals surface area contributed by atoms with Crippen LogP contribution in [0.15, 0.2) is 71.6 Å². The zero-order valence-electron chi connectivity index (χ0n) is 17.6. The Morgan fingerprint density at radius 3 is 2.27 bits per heavy atom. The Hall–Kier alpha value is -3.72. The quantitative estimate of drug-likeness (QED) is 0.365. The molecule has 0 radical (unpaired) electrons. The van der Waals surface area contributed by atoms with Crippen molar-refractivity contribution >= 4 is 40.9 Å². The van der Waals surface area contributed by atoms with Gasteiger partial charge >= 0.3 is 5.97 Å². The third kappa shape index (κ3) is 7.15. The number of benzene rings is 3. The molecule has 0 atom stereocenters. The molecule has 0 fully saturated rings. The first-order valence-electron chi connectivity index (χ1n) is 9.82. The zero-order chi connectivity index (χ0) is 23.8. The minimum Gasteiger partial charge on any atom is -0.452 e. The fourth-order valence-corrected chi connectivity index (χ4v) is 3.55. The number of rotatable bonds is 8. The van der Waals surface area contributed by atoms with Crippen molar-refractivity contribution in [3.05, 3.63) is 89.5 Å². The predicted molar refractivity (Wildman–Crippen MR) is 122 cm³/mol. The highest BCUT2D eigenvalue weighted by Gasteiger charge is 2.16. The first kappa shape index (κ1) is 23.9. The number of hydrogen-bond donors (Lipinski definition) is 2. The summed E-state index contributed by atoms with van der Waals surface area (Å²) in [6.07, 6.45) is 0. The van der Waals surface area contributed by atoms with E-state index in [1.165, 1.54) is 42.5 Å². The van der Waals surface area contributed by atoms with Crippen LogP contribution < -0.4 is 10.6 Å². The molecule has 0 unspecified atom stereocenters. The molecule has 3 rings (SSSR count). The lowest BCUT2D eigenvalue weighted by Crippen LogP contribution is -2.21. The molecule has 0 heterocycles. The number of aryl methyl sites for hydroxylation is 1. The largest absolute Gasteiger partial charge is 0.452 e. The van der Waals surface area contributed by atoms with Gasteiger partial charge in [-0.15, -0.1) is 11.8 Å². The van der Waals surface area contributed by atoms with Crippen LogP contribution in [0.3, 0.4) is 0 Å². The van der Waals surface area contributed by atoms with Crippen LogP contribution in [0.25, 0.3) is 0 Å². The molecule has 0 saturated carbocycles. The highest BCUT2D eigenvalue weighted by molar-refractivity contribution is 8.00. The lowest BCUT2D eigenvalue weighted by Gasteiger charge is -2.10. The molecule has 3 aromatic carbocycles. The third-order valence-corrected chi connectivity index (χ3v) is 5.46. The Bertz CT molecular complexity index is 1170. The van der Waals surface area contributed by atoms with E-state index in [4.69, 9.17) is 4.74 Å². The molecule has 3 aromatic rings. The van der Waals surface area contributed by atoms with Crippen molar-refractivity contribution < 1.29 is 27.9 Å². The first-order chi connectivity index (χ1) is 15.8. The van der Waals surface area contributed by atoms with Gasteiger partial charge in [-0.25, -0.2) is 13.6 Å². The van der Waals surface area contributed by atoms with Crippen molar-refractivity contribution in [3.8, 4) is 0 Å². The standard InChI is InChI=1S/C24H20F2N2O4S/c1-15-6-9-18(12-20(15)26)28-22(29)13-32-24(31)19-4-2-3-5-21(19)33-14-23(30)27-17-10-7-16(25)8-11-17/h2-12H,13-14H2,1H3,(H,27,30)(H,28,29). The maximum absolute atomic E-state index is 13.6. The van der Waals surface area contributed by atoms with Gasteiger partial charge in [0.05, 0.1) is 11.3 Å². The van der Waals surface area contributed by atoms with Crippen LogP contribution in [0.5, 0.6) is 0 Å². The second-order valence-corrected chi connectivity index (χ2v) is 7.95. The van der Waals surface area contributed by atoms with Gasteiger partial charge in [0.2, 0.25) is 5.91 Å². The maximum atomic E-state index is 13.6. The number of carbonyl (C=O) groups excluding carboxylic acids is 3. The average Bonchev–Trinajstić information content (AvgIpc) is 2.80. The summed E-state index contributed by atoms with van der Waals surface area (Å²) in [4.78, 5) is 37.2. The van der Waals surface area contributed by atoms with E-state index in [2.05, 4.69) is 10.6 Å². The lowest BCUT2D eigenvalue weighted by molar-refractivity contribution is -0.119. The summed E-state index contributed by atoms with van der Waals surface area (Å²) in [7, 11) is 0. The molecule has 0 bridgehead atoms. The van der Waals surface area contributed by atoms with E-state index in [-0.39, 0.29) is 22.9 Å². The molecule has 170 valence electrons. The monoisotopic (exact) mass is 470 g/mol. The molecule has 2 N–H and O–H groups in total. The van der Waals surface area contributed by atoms with Crippen molar-refractivity contribution in [3.63, 3.8) is 0 Å². The summed E-state index contributed by atoms with van der Waals surface area (Å²) in [5.74, 6) is -2.55. The molecule has 0 spiro atoms. The number of amides is 2. The van der Waals surface area contributed by atoms with Crippen LogP contribution in [-0.4, -0.2) is 30.1 Å². The molecule has 0 aliphatic heterocycles. The van der Waals surface area contributed by atoms with Crippen LogP contribution >= 0.6 is 11.8 Å². The highest BCUT2D eigenvalue weighted by atomic mass is 32.2. The Morgan fingerprint density at radius 2 is 1.55 bits per heavy atom. The number of anilines is 2. The van der Waals surface area contributed by atoms with Gasteiger partial charge < -0.3 is 15.4 Å². The van der Waals surface area contributed by atoms with Gasteiger partial charge in [-0.05, 0) is 61.0 Å². The Labute approximate surface area is 193 Å². The Balaban J connectivity index is 1.53. The second kappa shape index (κ2) is 11.2. The van der Waals surface area contributed by atoms with Crippen molar-refractivity contribution in [1.29, 1.82) is 0 Å². The molecule has 0 saturated heterocycles. The van der Waals surface area contributed by atoms with E-state index < -0.39 is 30.1 Å². The molecular weight excluding hydrogens is 450 g/mol. The molecule has 0 aromatic heterocycles. The summed E-state index contributed by atoms with van der Waals surface area (Å²) in [6.45, 7) is 1.04. The molecule has 2 amide bonds. The fourth-order valence-electron chi connectivity index (χ4n) is 2.71. The summed E-state index contributed by atoms with van der Waals surface area (Å²) < 4.78 is 31.6. The SMILES string of the molecule is Cc1ccc(NC(=O)COC(=O)c2ccccc2SCC(=O)Nc2ccc(F)cc2)cc1F. The number of esters is 1. The van der Waals surface area contributed by atoms with E-state index in [9.17, 15) is 23.2 Å². The smallest absolute Gasteiger partial charge is 0.339 e. The molecule has 0 aliphatic carbocycles. The van der Waals surface area contributed by atoms with Crippen molar-refractivity contribution in [2.45, 2.75) is 11.8 Å². The number of thioether (sulfide) groups is 1. The summed E-state index contributed by atoms with van der Waals surface area (Å²) in [5, 5.41) is 5.10. The van der Waals surface area contributed by atoms with Gasteiger partial charge in [0.1, 0.15) is 11.6 Å². The van der Waals surface area contributed by atoms with Crippen molar-refractivity contribution in [1.82, 2.24) is 0 Å². The van der Waals surface area contributed by atoms with Gasteiger partial charge in [-0.2, -0.15) is 0 Å². The normalized spacial score (nSPS) is 10.4. The predicted octanol–water partition coefficient (Wildman–Crippen LogP) is 4.80. The zero-order valence-corrected chi connectivity index (χ0v) is 18.4. The van der Waals surface area contributed by atoms with E-state index in [1.54, 1.807) is 31.2 Å². The van der Waals surface area contributed by atoms with Crippen LogP contribution in [0.2, 0.25) is 0 Å². The highest BCUT2D eigenvalue weighted by Crippen LogP contribution is 2.24. The van der Waals surface area contributed by atoms with E-state index in [1.807, 2.05) is 0 Å². The van der Waals surface area contributed by atoms with Gasteiger partial charge in [-0.3, -0.25) is 9.59 Å². The van der Waals surface area contributed by atoms with Crippen LogP contribution in [0.1, 0.15) is 15.9 Å². The molecule has 9 heteroatoms. The molecule has 0 aliphatic rings. The van der Waals surface area contributed by atoms with Crippen molar-refractivity contribution in [2.24, 2.45) is 0 Å². The molecule has 33 heavy (non-hydrogen) atoms. The number of carbonyl (C=O) groups is 3. The van der Waals surface area contributed by atoms with Crippen LogP contribution in [-0.2, 0) is 14.3 Å². The van der Waals surface area contributed by atoms with Gasteiger partial charge in [0.15, 0.2) is 6.61 Å². The summed E-state index contributed by atoms with van der Waals surface area (Å²) in [6, 6.07) is 16.1. The minimum absolute atomic E-state index is 0.00113. The van der Waals surface area contributed by atoms with E-state index >= 15 is 0 Å². The number of ether oxygens (including phenoxy) is 1. The van der Waals surface area contributed by atoms with E-state index in [0.29, 0.717) is 16.1 Å². The van der Waals surface area contributed by atoms with Gasteiger partial charge in [0.25, 0.3) is 5.91 Å². The number of hydrogen-bond acceptors (Lipinski definition) is 5. The van der Waals surface area contributed by atoms with Crippen LogP contribution in [0.4, 0.5) is 20.2 Å². The van der Waals surface area contributed by atoms with E-state index in [0.717, 1.165) is 11.8 Å². The maximum Gasteiger partial charge on any atom is 0.339 e. The van der Waals surface area contributed by atoms with Crippen LogP contribution in [0, 0.1) is 18.6 Å². The Kier molecular flexibility index (Phi) is 8.15.